The summed E-state index contributed by atoms with van der Waals surface area (Å²) in [5, 5.41) is 3.73. The van der Waals surface area contributed by atoms with Gasteiger partial charge in [-0.1, -0.05) is 20.8 Å². The number of hydrogen-bond acceptors (Lipinski definition) is 3. The van der Waals surface area contributed by atoms with Gasteiger partial charge in [0, 0.05) is 25.2 Å². The Kier molecular flexibility index (Phi) is 6.79. The largest absolute Gasteiger partial charge is 0.377 e. The SMILES string of the molecule is CCCOC1CCCN(C2CC(C)CCC2NCC)C1. The summed E-state index contributed by atoms with van der Waals surface area (Å²) in [6.07, 6.45) is 8.26. The van der Waals surface area contributed by atoms with Crippen LogP contribution in [-0.4, -0.2) is 49.3 Å². The Bertz CT molecular complexity index is 272. The van der Waals surface area contributed by atoms with Gasteiger partial charge in [-0.2, -0.15) is 0 Å². The molecule has 2 rings (SSSR count). The Morgan fingerprint density at radius 1 is 1.20 bits per heavy atom. The van der Waals surface area contributed by atoms with Gasteiger partial charge in [0.05, 0.1) is 6.10 Å². The molecule has 3 heteroatoms. The van der Waals surface area contributed by atoms with E-state index in [4.69, 9.17) is 4.74 Å². The maximum Gasteiger partial charge on any atom is 0.0702 e. The molecule has 1 aliphatic carbocycles. The van der Waals surface area contributed by atoms with Gasteiger partial charge in [-0.3, -0.25) is 4.90 Å². The Morgan fingerprint density at radius 3 is 2.80 bits per heavy atom. The van der Waals surface area contributed by atoms with Crippen LogP contribution in [0.1, 0.15) is 59.3 Å². The van der Waals surface area contributed by atoms with E-state index in [9.17, 15) is 0 Å². The standard InChI is InChI=1S/C17H34N2O/c1-4-11-20-15-7-6-10-19(13-15)17-12-14(3)8-9-16(17)18-5-2/h14-18H,4-13H2,1-3H3. The van der Waals surface area contributed by atoms with Crippen LogP contribution in [0.3, 0.4) is 0 Å². The number of nitrogens with zero attached hydrogens (tertiary/aromatic N) is 1. The second-order valence-corrected chi connectivity index (χ2v) is 6.78. The third-order valence-corrected chi connectivity index (χ3v) is 4.98. The zero-order chi connectivity index (χ0) is 14.4. The van der Waals surface area contributed by atoms with Gasteiger partial charge < -0.3 is 10.1 Å². The summed E-state index contributed by atoms with van der Waals surface area (Å²) < 4.78 is 6.01. The van der Waals surface area contributed by atoms with E-state index >= 15 is 0 Å². The number of nitrogens with one attached hydrogen (secondary N) is 1. The monoisotopic (exact) mass is 282 g/mol. The summed E-state index contributed by atoms with van der Waals surface area (Å²) in [5.74, 6) is 0.881. The molecular formula is C17H34N2O. The summed E-state index contributed by atoms with van der Waals surface area (Å²) in [5.41, 5.74) is 0. The van der Waals surface area contributed by atoms with E-state index < -0.39 is 0 Å². The molecule has 4 unspecified atom stereocenters. The first-order chi connectivity index (χ1) is 9.74. The second-order valence-electron chi connectivity index (χ2n) is 6.78. The molecule has 0 aromatic heterocycles. The number of hydrogen-bond donors (Lipinski definition) is 1. The lowest BCUT2D eigenvalue weighted by Crippen LogP contribution is -2.56. The maximum atomic E-state index is 6.01. The molecule has 3 nitrogen and oxygen atoms in total. The van der Waals surface area contributed by atoms with Crippen molar-refractivity contribution in [3.8, 4) is 0 Å². The van der Waals surface area contributed by atoms with Crippen molar-refractivity contribution in [2.45, 2.75) is 77.5 Å². The van der Waals surface area contributed by atoms with E-state index in [2.05, 4.69) is 31.0 Å². The van der Waals surface area contributed by atoms with Crippen molar-refractivity contribution in [1.29, 1.82) is 0 Å². The van der Waals surface area contributed by atoms with E-state index in [0.29, 0.717) is 12.1 Å². The molecule has 0 amide bonds. The summed E-state index contributed by atoms with van der Waals surface area (Å²) in [7, 11) is 0. The van der Waals surface area contributed by atoms with Crippen LogP contribution in [0.2, 0.25) is 0 Å². The average Bonchev–Trinajstić information content (AvgIpc) is 2.47. The summed E-state index contributed by atoms with van der Waals surface area (Å²) in [6.45, 7) is 11.3. The highest BCUT2D eigenvalue weighted by atomic mass is 16.5. The Labute approximate surface area is 125 Å². The highest BCUT2D eigenvalue weighted by Crippen LogP contribution is 2.30. The Hall–Kier alpha value is -0.120. The van der Waals surface area contributed by atoms with Crippen LogP contribution in [0, 0.1) is 5.92 Å². The molecule has 0 bridgehead atoms. The molecule has 1 heterocycles. The lowest BCUT2D eigenvalue weighted by Gasteiger charge is -2.45. The average molecular weight is 282 g/mol. The summed E-state index contributed by atoms with van der Waals surface area (Å²) in [6, 6.07) is 1.42. The third-order valence-electron chi connectivity index (χ3n) is 4.98. The molecule has 1 saturated carbocycles. The number of ether oxygens (including phenoxy) is 1. The van der Waals surface area contributed by atoms with Gasteiger partial charge in [0.2, 0.25) is 0 Å². The number of piperidine rings is 1. The summed E-state index contributed by atoms with van der Waals surface area (Å²) >= 11 is 0. The van der Waals surface area contributed by atoms with Crippen LogP contribution < -0.4 is 5.32 Å². The minimum atomic E-state index is 0.475. The van der Waals surface area contributed by atoms with Crippen LogP contribution in [0.15, 0.2) is 0 Å². The van der Waals surface area contributed by atoms with Crippen LogP contribution in [0.25, 0.3) is 0 Å². The van der Waals surface area contributed by atoms with E-state index in [1.54, 1.807) is 0 Å². The van der Waals surface area contributed by atoms with Crippen LogP contribution in [0.5, 0.6) is 0 Å². The van der Waals surface area contributed by atoms with Crippen molar-refractivity contribution >= 4 is 0 Å². The molecule has 4 atom stereocenters. The first kappa shape index (κ1) is 16.3. The van der Waals surface area contributed by atoms with Crippen molar-refractivity contribution in [3.05, 3.63) is 0 Å². The van der Waals surface area contributed by atoms with Gasteiger partial charge in [0.25, 0.3) is 0 Å². The fourth-order valence-corrected chi connectivity index (χ4v) is 3.94. The van der Waals surface area contributed by atoms with Crippen molar-refractivity contribution < 1.29 is 4.74 Å². The van der Waals surface area contributed by atoms with E-state index in [-0.39, 0.29) is 0 Å². The molecule has 2 aliphatic rings. The van der Waals surface area contributed by atoms with Gasteiger partial charge >= 0.3 is 0 Å². The maximum absolute atomic E-state index is 6.01. The number of likely N-dealkylation sites (tertiary alicyclic amines) is 1. The van der Waals surface area contributed by atoms with Crippen molar-refractivity contribution in [1.82, 2.24) is 10.2 Å². The minimum Gasteiger partial charge on any atom is -0.377 e. The van der Waals surface area contributed by atoms with Gasteiger partial charge in [-0.25, -0.2) is 0 Å². The van der Waals surface area contributed by atoms with Crippen LogP contribution in [-0.2, 0) is 4.74 Å². The number of likely N-dealkylation sites (N-methyl/N-ethyl adjacent to an activating group) is 1. The fourth-order valence-electron chi connectivity index (χ4n) is 3.94. The highest BCUT2D eigenvalue weighted by molar-refractivity contribution is 4.92. The van der Waals surface area contributed by atoms with Crippen molar-refractivity contribution in [2.75, 3.05) is 26.2 Å². The predicted octanol–water partition coefficient (Wildman–Crippen LogP) is 3.04. The molecule has 0 aromatic rings. The molecular weight excluding hydrogens is 248 g/mol. The highest BCUT2D eigenvalue weighted by Gasteiger charge is 2.34. The van der Waals surface area contributed by atoms with Crippen LogP contribution in [0.4, 0.5) is 0 Å². The normalized spacial score (nSPS) is 36.1. The Balaban J connectivity index is 1.91. The third kappa shape index (κ3) is 4.44. The van der Waals surface area contributed by atoms with Gasteiger partial charge in [0.15, 0.2) is 0 Å². The van der Waals surface area contributed by atoms with Gasteiger partial charge in [0.1, 0.15) is 0 Å². The van der Waals surface area contributed by atoms with Gasteiger partial charge in [-0.15, -0.1) is 0 Å². The lowest BCUT2D eigenvalue weighted by molar-refractivity contribution is -0.0258. The molecule has 2 fully saturated rings. The van der Waals surface area contributed by atoms with Crippen LogP contribution >= 0.6 is 0 Å². The minimum absolute atomic E-state index is 0.475. The summed E-state index contributed by atoms with van der Waals surface area (Å²) in [4.78, 5) is 2.73. The lowest BCUT2D eigenvalue weighted by atomic mass is 9.81. The quantitative estimate of drug-likeness (QED) is 0.810. The molecule has 20 heavy (non-hydrogen) atoms. The van der Waals surface area contributed by atoms with E-state index in [0.717, 1.165) is 38.1 Å². The first-order valence-electron chi connectivity index (χ1n) is 8.83. The smallest absolute Gasteiger partial charge is 0.0702 e. The molecule has 0 aromatic carbocycles. The second kappa shape index (κ2) is 8.35. The zero-order valence-electron chi connectivity index (χ0n) is 13.7. The Morgan fingerprint density at radius 2 is 2.05 bits per heavy atom. The molecule has 0 radical (unpaired) electrons. The first-order valence-corrected chi connectivity index (χ1v) is 8.83. The van der Waals surface area contributed by atoms with Crippen molar-refractivity contribution in [2.24, 2.45) is 5.92 Å². The molecule has 1 aliphatic heterocycles. The van der Waals surface area contributed by atoms with Gasteiger partial charge in [-0.05, 0) is 57.5 Å². The predicted molar refractivity (Wildman–Crippen MR) is 85.1 cm³/mol. The zero-order valence-corrected chi connectivity index (χ0v) is 13.7. The molecule has 1 N–H and O–H groups in total. The molecule has 1 saturated heterocycles. The molecule has 0 spiro atoms. The van der Waals surface area contributed by atoms with E-state index in [1.165, 1.54) is 38.6 Å². The van der Waals surface area contributed by atoms with E-state index in [1.807, 2.05) is 0 Å². The molecule has 118 valence electrons. The number of rotatable bonds is 6. The van der Waals surface area contributed by atoms with Crippen molar-refractivity contribution in [3.63, 3.8) is 0 Å². The fraction of sp³-hybridized carbons (Fsp3) is 1.00. The topological polar surface area (TPSA) is 24.5 Å².